The van der Waals surface area contributed by atoms with E-state index in [1.165, 1.54) is 0 Å². The van der Waals surface area contributed by atoms with Gasteiger partial charge in [-0.1, -0.05) is 26.0 Å². The van der Waals surface area contributed by atoms with E-state index in [0.29, 0.717) is 16.6 Å². The van der Waals surface area contributed by atoms with Crippen LogP contribution in [0.1, 0.15) is 27.2 Å². The number of nitrogens with zero attached hydrogens (tertiary/aromatic N) is 1. The molecule has 1 atom stereocenters. The Morgan fingerprint density at radius 2 is 1.90 bits per heavy atom. The molecule has 0 fully saturated rings. The van der Waals surface area contributed by atoms with Crippen molar-refractivity contribution < 1.29 is 8.42 Å². The van der Waals surface area contributed by atoms with Gasteiger partial charge in [0, 0.05) is 19.1 Å². The number of benzene rings is 1. The van der Waals surface area contributed by atoms with E-state index in [-0.39, 0.29) is 5.75 Å². The van der Waals surface area contributed by atoms with Crippen molar-refractivity contribution in [3.63, 3.8) is 0 Å². The molecular formula is C15H26N2O2S. The zero-order chi connectivity index (χ0) is 15.2. The van der Waals surface area contributed by atoms with Crippen LogP contribution in [0.2, 0.25) is 0 Å². The first-order valence-corrected chi connectivity index (χ1v) is 8.83. The summed E-state index contributed by atoms with van der Waals surface area (Å²) < 4.78 is 24.0. The molecule has 0 aliphatic carbocycles. The highest BCUT2D eigenvalue weighted by molar-refractivity contribution is 7.91. The van der Waals surface area contributed by atoms with Gasteiger partial charge in [0.15, 0.2) is 9.84 Å². The van der Waals surface area contributed by atoms with E-state index in [0.717, 1.165) is 19.5 Å². The number of para-hydroxylation sites is 1. The fourth-order valence-corrected chi connectivity index (χ4v) is 3.01. The molecule has 1 aromatic carbocycles. The van der Waals surface area contributed by atoms with E-state index in [1.54, 1.807) is 19.1 Å². The Morgan fingerprint density at radius 1 is 1.25 bits per heavy atom. The highest BCUT2D eigenvalue weighted by Crippen LogP contribution is 2.21. The second-order valence-electron chi connectivity index (χ2n) is 5.06. The Labute approximate surface area is 123 Å². The van der Waals surface area contributed by atoms with Crippen molar-refractivity contribution in [1.82, 2.24) is 4.90 Å². The lowest BCUT2D eigenvalue weighted by Gasteiger charge is -2.24. The van der Waals surface area contributed by atoms with Crippen LogP contribution in [0.5, 0.6) is 0 Å². The molecule has 0 bridgehead atoms. The van der Waals surface area contributed by atoms with Gasteiger partial charge in [0.1, 0.15) is 0 Å². The molecule has 0 amide bonds. The Balaban J connectivity index is 2.70. The molecule has 0 radical (unpaired) electrons. The standard InChI is InChI=1S/C15H26N2O2S/c1-5-13(3)17(4)12-11-16-14-9-7-8-10-15(14)20(18,19)6-2/h7-10,13,16H,5-6,11-12H2,1-4H3. The van der Waals surface area contributed by atoms with Gasteiger partial charge in [0.2, 0.25) is 0 Å². The highest BCUT2D eigenvalue weighted by atomic mass is 32.2. The van der Waals surface area contributed by atoms with Crippen LogP contribution in [0.15, 0.2) is 29.2 Å². The predicted octanol–water partition coefficient (Wildman–Crippen LogP) is 2.62. The fraction of sp³-hybridized carbons (Fsp3) is 0.600. The maximum absolute atomic E-state index is 12.0. The number of anilines is 1. The lowest BCUT2D eigenvalue weighted by atomic mass is 10.2. The van der Waals surface area contributed by atoms with Gasteiger partial charge in [-0.2, -0.15) is 0 Å². The first-order chi connectivity index (χ1) is 9.42. The van der Waals surface area contributed by atoms with Crippen molar-refractivity contribution in [3.8, 4) is 0 Å². The molecule has 5 heteroatoms. The molecule has 0 saturated carbocycles. The Bertz CT molecular complexity index is 514. The molecule has 0 aliphatic rings. The third-order valence-electron chi connectivity index (χ3n) is 3.73. The molecule has 0 aromatic heterocycles. The fourth-order valence-electron chi connectivity index (χ4n) is 1.94. The van der Waals surface area contributed by atoms with Crippen molar-refractivity contribution in [2.45, 2.75) is 38.1 Å². The van der Waals surface area contributed by atoms with Crippen molar-refractivity contribution >= 4 is 15.5 Å². The van der Waals surface area contributed by atoms with Crippen LogP contribution in [-0.2, 0) is 9.84 Å². The normalized spacial score (nSPS) is 13.4. The van der Waals surface area contributed by atoms with Gasteiger partial charge in [0.25, 0.3) is 0 Å². The van der Waals surface area contributed by atoms with Crippen LogP contribution < -0.4 is 5.32 Å². The molecule has 0 spiro atoms. The molecule has 1 N–H and O–H groups in total. The molecule has 0 aliphatic heterocycles. The summed E-state index contributed by atoms with van der Waals surface area (Å²) in [5.41, 5.74) is 0.701. The van der Waals surface area contributed by atoms with Crippen molar-refractivity contribution in [3.05, 3.63) is 24.3 Å². The van der Waals surface area contributed by atoms with E-state index in [1.807, 2.05) is 12.1 Å². The van der Waals surface area contributed by atoms with Gasteiger partial charge in [0.05, 0.1) is 16.3 Å². The summed E-state index contributed by atoms with van der Waals surface area (Å²) >= 11 is 0. The molecule has 1 unspecified atom stereocenters. The van der Waals surface area contributed by atoms with Crippen LogP contribution in [0.3, 0.4) is 0 Å². The largest absolute Gasteiger partial charge is 0.383 e. The minimum Gasteiger partial charge on any atom is -0.383 e. The van der Waals surface area contributed by atoms with Crippen LogP contribution in [0.25, 0.3) is 0 Å². The van der Waals surface area contributed by atoms with E-state index in [4.69, 9.17) is 0 Å². The lowest BCUT2D eigenvalue weighted by Crippen LogP contribution is -2.32. The number of sulfone groups is 1. The monoisotopic (exact) mass is 298 g/mol. The van der Waals surface area contributed by atoms with Crippen LogP contribution in [0.4, 0.5) is 5.69 Å². The highest BCUT2D eigenvalue weighted by Gasteiger charge is 2.15. The Hall–Kier alpha value is -1.07. The Kier molecular flexibility index (Phi) is 6.49. The summed E-state index contributed by atoms with van der Waals surface area (Å²) in [6.45, 7) is 7.64. The SMILES string of the molecule is CCC(C)N(C)CCNc1ccccc1S(=O)(=O)CC. The molecular weight excluding hydrogens is 272 g/mol. The second kappa shape index (κ2) is 7.64. The number of hydrogen-bond acceptors (Lipinski definition) is 4. The molecule has 1 rings (SSSR count). The van der Waals surface area contributed by atoms with E-state index in [2.05, 4.69) is 31.1 Å². The molecule has 4 nitrogen and oxygen atoms in total. The number of rotatable bonds is 8. The Morgan fingerprint density at radius 3 is 2.50 bits per heavy atom. The molecule has 114 valence electrons. The summed E-state index contributed by atoms with van der Waals surface area (Å²) in [6, 6.07) is 7.64. The van der Waals surface area contributed by atoms with Gasteiger partial charge < -0.3 is 10.2 Å². The number of likely N-dealkylation sites (N-methyl/N-ethyl adjacent to an activating group) is 1. The molecule has 0 saturated heterocycles. The summed E-state index contributed by atoms with van der Waals surface area (Å²) in [7, 11) is -1.09. The van der Waals surface area contributed by atoms with E-state index in [9.17, 15) is 8.42 Å². The van der Waals surface area contributed by atoms with E-state index >= 15 is 0 Å². The maximum atomic E-state index is 12.0. The van der Waals surface area contributed by atoms with Gasteiger partial charge in [-0.3, -0.25) is 0 Å². The van der Waals surface area contributed by atoms with Crippen molar-refractivity contribution in [2.24, 2.45) is 0 Å². The van der Waals surface area contributed by atoms with Gasteiger partial charge in [-0.05, 0) is 32.5 Å². The second-order valence-corrected chi connectivity index (χ2v) is 7.31. The third-order valence-corrected chi connectivity index (χ3v) is 5.51. The zero-order valence-corrected chi connectivity index (χ0v) is 13.7. The summed E-state index contributed by atoms with van der Waals surface area (Å²) in [4.78, 5) is 2.66. The summed E-state index contributed by atoms with van der Waals surface area (Å²) in [5.74, 6) is 0.123. The average Bonchev–Trinajstić information content (AvgIpc) is 2.46. The minimum atomic E-state index is -3.18. The lowest BCUT2D eigenvalue weighted by molar-refractivity contribution is 0.261. The van der Waals surface area contributed by atoms with Crippen molar-refractivity contribution in [1.29, 1.82) is 0 Å². The quantitative estimate of drug-likeness (QED) is 0.801. The van der Waals surface area contributed by atoms with Gasteiger partial charge >= 0.3 is 0 Å². The smallest absolute Gasteiger partial charge is 0.180 e. The van der Waals surface area contributed by atoms with Crippen LogP contribution in [0, 0.1) is 0 Å². The molecule has 20 heavy (non-hydrogen) atoms. The number of hydrogen-bond donors (Lipinski definition) is 1. The van der Waals surface area contributed by atoms with Gasteiger partial charge in [-0.25, -0.2) is 8.42 Å². The first kappa shape index (κ1) is 17.0. The topological polar surface area (TPSA) is 49.4 Å². The summed E-state index contributed by atoms with van der Waals surface area (Å²) in [6.07, 6.45) is 1.11. The van der Waals surface area contributed by atoms with Crippen molar-refractivity contribution in [2.75, 3.05) is 31.2 Å². The van der Waals surface area contributed by atoms with Gasteiger partial charge in [-0.15, -0.1) is 0 Å². The average molecular weight is 298 g/mol. The molecule has 1 aromatic rings. The minimum absolute atomic E-state index is 0.123. The molecule has 0 heterocycles. The zero-order valence-electron chi connectivity index (χ0n) is 12.9. The predicted molar refractivity (Wildman–Crippen MR) is 85.0 cm³/mol. The maximum Gasteiger partial charge on any atom is 0.180 e. The van der Waals surface area contributed by atoms with Crippen LogP contribution in [-0.4, -0.2) is 45.2 Å². The third kappa shape index (κ3) is 4.49. The number of nitrogens with one attached hydrogen (secondary N) is 1. The van der Waals surface area contributed by atoms with E-state index < -0.39 is 9.84 Å². The first-order valence-electron chi connectivity index (χ1n) is 7.18. The van der Waals surface area contributed by atoms with Crippen LogP contribution >= 0.6 is 0 Å². The summed E-state index contributed by atoms with van der Waals surface area (Å²) in [5, 5.41) is 3.24.